The number of nitrogens with one attached hydrogen (secondary N) is 4. The number of nitrogens with zero attached hydrogens (tertiary/aromatic N) is 4. The van der Waals surface area contributed by atoms with Crippen molar-refractivity contribution in [2.45, 2.75) is 20.8 Å². The van der Waals surface area contributed by atoms with Gasteiger partial charge in [0, 0.05) is 54.8 Å². The van der Waals surface area contributed by atoms with Gasteiger partial charge in [-0.15, -0.1) is 5.43 Å². The van der Waals surface area contributed by atoms with Gasteiger partial charge in [-0.05, 0) is 34.1 Å². The Hall–Kier alpha value is -5.10. The van der Waals surface area contributed by atoms with Crippen molar-refractivity contribution in [3.8, 4) is 11.5 Å². The van der Waals surface area contributed by atoms with Gasteiger partial charge in [0.25, 0.3) is 0 Å². The summed E-state index contributed by atoms with van der Waals surface area (Å²) in [5, 5.41) is 17.7. The molecule has 3 heterocycles. The van der Waals surface area contributed by atoms with Crippen LogP contribution < -0.4 is 25.5 Å². The molecule has 1 atom stereocenters. The van der Waals surface area contributed by atoms with E-state index in [-0.39, 0.29) is 28.0 Å². The van der Waals surface area contributed by atoms with E-state index in [4.69, 9.17) is 9.84 Å². The monoisotopic (exact) mass is 529 g/mol. The van der Waals surface area contributed by atoms with Crippen LogP contribution in [0.25, 0.3) is 10.9 Å². The van der Waals surface area contributed by atoms with Gasteiger partial charge >= 0.3 is 6.03 Å². The fourth-order valence-corrected chi connectivity index (χ4v) is 3.98. The molecule has 11 nitrogen and oxygen atoms in total. The number of anilines is 2. The number of quaternary nitrogens is 1. The van der Waals surface area contributed by atoms with Crippen molar-refractivity contribution < 1.29 is 18.7 Å². The average molecular weight is 530 g/mol. The number of amides is 3. The lowest BCUT2D eigenvalue weighted by Crippen LogP contribution is -2.54. The van der Waals surface area contributed by atoms with Gasteiger partial charge in [-0.25, -0.2) is 14.2 Å². The van der Waals surface area contributed by atoms with E-state index in [1.54, 1.807) is 18.5 Å². The summed E-state index contributed by atoms with van der Waals surface area (Å²) >= 11 is 0. The van der Waals surface area contributed by atoms with E-state index in [1.807, 2.05) is 38.1 Å². The molecule has 0 aliphatic carbocycles. The summed E-state index contributed by atoms with van der Waals surface area (Å²) in [6.45, 7) is 5.38. The first-order valence-electron chi connectivity index (χ1n) is 12.1. The number of pyridine rings is 1. The van der Waals surface area contributed by atoms with Crippen LogP contribution >= 0.6 is 0 Å². The van der Waals surface area contributed by atoms with Gasteiger partial charge in [-0.2, -0.15) is 5.10 Å². The van der Waals surface area contributed by atoms with Gasteiger partial charge in [-0.3, -0.25) is 9.89 Å². The van der Waals surface area contributed by atoms with E-state index < -0.39 is 11.8 Å². The van der Waals surface area contributed by atoms with Crippen LogP contribution in [-0.2, 0) is 4.79 Å². The van der Waals surface area contributed by atoms with Crippen molar-refractivity contribution >= 4 is 45.7 Å². The Balaban J connectivity index is 1.33. The molecular formula is C27H26FN8O3+. The number of allylic oxidation sites excluding steroid dienone is 1. The van der Waals surface area contributed by atoms with Crippen molar-refractivity contribution in [3.05, 3.63) is 79.0 Å². The summed E-state index contributed by atoms with van der Waals surface area (Å²) in [6.07, 6.45) is 6.76. The zero-order chi connectivity index (χ0) is 27.6. The van der Waals surface area contributed by atoms with Crippen LogP contribution in [0.2, 0.25) is 0 Å². The first-order valence-corrected chi connectivity index (χ1v) is 12.1. The van der Waals surface area contributed by atoms with Crippen LogP contribution in [0, 0.1) is 11.7 Å². The molecule has 198 valence electrons. The first kappa shape index (κ1) is 25.5. The van der Waals surface area contributed by atoms with Gasteiger partial charge in [0.1, 0.15) is 28.8 Å². The number of urea groups is 1. The highest BCUT2D eigenvalue weighted by Crippen LogP contribution is 2.31. The minimum atomic E-state index is -0.700. The summed E-state index contributed by atoms with van der Waals surface area (Å²) in [6, 6.07) is 12.0. The molecule has 1 aliphatic rings. The zero-order valence-electron chi connectivity index (χ0n) is 21.4. The number of hydrogen-bond donors (Lipinski definition) is 4. The number of fused-ring (bicyclic) bond motifs is 1. The second-order valence-electron chi connectivity index (χ2n) is 9.19. The number of hydrogen-bond acceptors (Lipinski definition) is 6. The summed E-state index contributed by atoms with van der Waals surface area (Å²) in [7, 11) is 0. The Morgan fingerprint density at radius 1 is 1.05 bits per heavy atom. The van der Waals surface area contributed by atoms with Crippen LogP contribution in [0.4, 0.5) is 26.4 Å². The molecule has 0 saturated carbocycles. The lowest BCUT2D eigenvalue weighted by molar-refractivity contribution is -0.114. The van der Waals surface area contributed by atoms with Gasteiger partial charge in [-0.1, -0.05) is 13.8 Å². The van der Waals surface area contributed by atoms with Crippen LogP contribution in [-0.4, -0.2) is 32.8 Å². The second kappa shape index (κ2) is 10.3. The smallest absolute Gasteiger partial charge is 0.366 e. The van der Waals surface area contributed by atoms with E-state index in [2.05, 4.69) is 31.2 Å². The SMILES string of the molecule is CC(=O)Nc1cc(Oc2ccc(NC(=O)N[N+]3(c4ccc5[nH]ncc5c4)C=CC(C(C)C)=N3)c(F)c2)ccn1. The molecule has 4 N–H and O–H groups in total. The number of rotatable bonds is 7. The summed E-state index contributed by atoms with van der Waals surface area (Å²) in [5.41, 5.74) is 5.12. The minimum Gasteiger partial charge on any atom is -0.457 e. The average Bonchev–Trinajstić information content (AvgIpc) is 3.53. The third-order valence-corrected chi connectivity index (χ3v) is 5.88. The van der Waals surface area contributed by atoms with Crippen molar-refractivity contribution in [1.29, 1.82) is 0 Å². The number of halogens is 1. The van der Waals surface area contributed by atoms with Crippen molar-refractivity contribution in [2.24, 2.45) is 11.0 Å². The molecule has 1 unspecified atom stereocenters. The molecule has 2 aromatic carbocycles. The Morgan fingerprint density at radius 3 is 2.62 bits per heavy atom. The highest BCUT2D eigenvalue weighted by atomic mass is 19.1. The summed E-state index contributed by atoms with van der Waals surface area (Å²) in [4.78, 5) is 28.4. The maximum absolute atomic E-state index is 15.0. The zero-order valence-corrected chi connectivity index (χ0v) is 21.4. The van der Waals surface area contributed by atoms with Gasteiger partial charge in [0.15, 0.2) is 11.9 Å². The molecular weight excluding hydrogens is 503 g/mol. The van der Waals surface area contributed by atoms with Crippen molar-refractivity contribution in [3.63, 3.8) is 0 Å². The normalized spacial score (nSPS) is 16.3. The third kappa shape index (κ3) is 5.60. The molecule has 1 aliphatic heterocycles. The second-order valence-corrected chi connectivity index (χ2v) is 9.19. The lowest BCUT2D eigenvalue weighted by atomic mass is 10.1. The minimum absolute atomic E-state index is 0.0480. The highest BCUT2D eigenvalue weighted by molar-refractivity contribution is 6.00. The lowest BCUT2D eigenvalue weighted by Gasteiger charge is -2.25. The van der Waals surface area contributed by atoms with Gasteiger partial charge in [0.2, 0.25) is 5.91 Å². The molecule has 0 radical (unpaired) electrons. The Bertz CT molecular complexity index is 1630. The third-order valence-electron chi connectivity index (χ3n) is 5.88. The van der Waals surface area contributed by atoms with E-state index in [0.29, 0.717) is 17.3 Å². The summed E-state index contributed by atoms with van der Waals surface area (Å²) < 4.78 is 20.3. The predicted octanol–water partition coefficient (Wildman–Crippen LogP) is 5.43. The Kier molecular flexibility index (Phi) is 6.77. The largest absolute Gasteiger partial charge is 0.457 e. The van der Waals surface area contributed by atoms with E-state index in [1.165, 1.54) is 31.3 Å². The number of benzene rings is 2. The predicted molar refractivity (Wildman–Crippen MR) is 146 cm³/mol. The topological polar surface area (TPSA) is 133 Å². The number of aromatic nitrogens is 3. The van der Waals surface area contributed by atoms with Crippen LogP contribution in [0.5, 0.6) is 11.5 Å². The van der Waals surface area contributed by atoms with E-state index in [9.17, 15) is 14.0 Å². The van der Waals surface area contributed by atoms with E-state index in [0.717, 1.165) is 22.7 Å². The molecule has 2 aromatic heterocycles. The molecule has 0 fully saturated rings. The molecule has 0 saturated heterocycles. The van der Waals surface area contributed by atoms with Gasteiger partial charge in [0.05, 0.1) is 17.4 Å². The van der Waals surface area contributed by atoms with E-state index >= 15 is 0 Å². The quantitative estimate of drug-likeness (QED) is 0.237. The standard InChI is InChI=1S/C27H25FN8O3/c1-16(2)23-9-11-36(34-23,19-4-6-24-18(12-19)15-30-33-24)35-27(38)32-25-7-5-20(13-22(25)28)39-21-8-10-29-26(14-21)31-17(3)37/h4-16H,1-3H3,(H3-,29,30,31,32,33,35,37,38)/p+1. The number of H-pyrrole nitrogens is 1. The van der Waals surface area contributed by atoms with Crippen LogP contribution in [0.15, 0.2) is 78.3 Å². The molecule has 0 spiro atoms. The molecule has 39 heavy (non-hydrogen) atoms. The Morgan fingerprint density at radius 2 is 1.87 bits per heavy atom. The highest BCUT2D eigenvalue weighted by Gasteiger charge is 2.37. The van der Waals surface area contributed by atoms with Crippen molar-refractivity contribution in [2.75, 3.05) is 10.6 Å². The fraction of sp³-hybridized carbons (Fsp3) is 0.148. The maximum atomic E-state index is 15.0. The number of ether oxygens (including phenoxy) is 1. The number of carbonyl (C=O) groups is 2. The summed E-state index contributed by atoms with van der Waals surface area (Å²) in [5.74, 6) is 0.00735. The van der Waals surface area contributed by atoms with Gasteiger partial charge < -0.3 is 15.4 Å². The fourth-order valence-electron chi connectivity index (χ4n) is 3.98. The van der Waals surface area contributed by atoms with Crippen LogP contribution in [0.3, 0.4) is 0 Å². The molecule has 4 aromatic rings. The number of aromatic amines is 1. The molecule has 0 bridgehead atoms. The molecule has 3 amide bonds. The van der Waals surface area contributed by atoms with Crippen molar-refractivity contribution in [1.82, 2.24) is 25.3 Å². The maximum Gasteiger partial charge on any atom is 0.366 e. The van der Waals surface area contributed by atoms with Crippen LogP contribution in [0.1, 0.15) is 20.8 Å². The first-order chi connectivity index (χ1) is 18.7. The molecule has 12 heteroatoms. The number of carbonyl (C=O) groups excluding carboxylic acids is 2. The molecule has 5 rings (SSSR count). The Labute approximate surface area is 222 Å².